The average molecular weight is 129 g/mol. The monoisotopic (exact) mass is 129 g/mol. The summed E-state index contributed by atoms with van der Waals surface area (Å²) in [4.78, 5) is 0. The molecule has 1 aromatic heterocycles. The van der Waals surface area contributed by atoms with Crippen molar-refractivity contribution in [3.63, 3.8) is 0 Å². The van der Waals surface area contributed by atoms with Gasteiger partial charge in [0.05, 0.1) is 6.54 Å². The molecule has 0 radical (unpaired) electrons. The fourth-order valence-corrected chi connectivity index (χ4v) is 0.454. The van der Waals surface area contributed by atoms with E-state index in [2.05, 4.69) is 20.6 Å². The summed E-state index contributed by atoms with van der Waals surface area (Å²) in [5, 5.41) is 22.4. The van der Waals surface area contributed by atoms with Gasteiger partial charge in [-0.25, -0.2) is 0 Å². The third-order valence-electron chi connectivity index (χ3n) is 0.759. The summed E-state index contributed by atoms with van der Waals surface area (Å²) >= 11 is 0. The number of rotatable bonds is 2. The molecule has 0 bridgehead atoms. The van der Waals surface area contributed by atoms with Crippen molar-refractivity contribution in [2.24, 2.45) is 0 Å². The van der Waals surface area contributed by atoms with E-state index in [4.69, 9.17) is 5.21 Å². The van der Waals surface area contributed by atoms with Crippen LogP contribution in [0.1, 0.15) is 5.82 Å². The highest BCUT2D eigenvalue weighted by Gasteiger charge is 1.98. The van der Waals surface area contributed by atoms with Crippen molar-refractivity contribution in [3.8, 4) is 0 Å². The Bertz CT molecular complexity index is 159. The Morgan fingerprint density at radius 2 is 2.56 bits per heavy atom. The van der Waals surface area contributed by atoms with Crippen LogP contribution < -0.4 is 0 Å². The number of nitrogens with zero attached hydrogens (tertiary/aromatic N) is 4. The van der Waals surface area contributed by atoms with Crippen LogP contribution in [-0.2, 0) is 6.54 Å². The lowest BCUT2D eigenvalue weighted by atomic mass is 10.6. The second-order valence-electron chi connectivity index (χ2n) is 1.64. The Morgan fingerprint density at radius 3 is 3.00 bits per heavy atom. The first-order chi connectivity index (χ1) is 4.29. The van der Waals surface area contributed by atoms with Gasteiger partial charge in [-0.2, -0.15) is 10.3 Å². The number of hydrogen-bond acceptors (Lipinski definition) is 5. The lowest BCUT2D eigenvalue weighted by Crippen LogP contribution is -2.12. The molecule has 0 aliphatic carbocycles. The van der Waals surface area contributed by atoms with Crippen LogP contribution in [0.3, 0.4) is 0 Å². The number of H-pyrrole nitrogens is 1. The predicted octanol–water partition coefficient (Wildman–Crippen LogP) is -0.979. The fraction of sp³-hybridized carbons (Fsp3) is 0.667. The minimum absolute atomic E-state index is 0.288. The van der Waals surface area contributed by atoms with Crippen LogP contribution in [0.25, 0.3) is 0 Å². The summed E-state index contributed by atoms with van der Waals surface area (Å²) in [6.07, 6.45) is 0. The summed E-state index contributed by atoms with van der Waals surface area (Å²) in [6.45, 7) is 0.288. The highest BCUT2D eigenvalue weighted by Crippen LogP contribution is 1.86. The molecule has 9 heavy (non-hydrogen) atoms. The van der Waals surface area contributed by atoms with E-state index in [0.29, 0.717) is 5.82 Å². The Balaban J connectivity index is 2.48. The van der Waals surface area contributed by atoms with Crippen molar-refractivity contribution in [2.45, 2.75) is 6.54 Å². The average Bonchev–Trinajstić information content (AvgIpc) is 2.15. The summed E-state index contributed by atoms with van der Waals surface area (Å²) in [6, 6.07) is 0. The van der Waals surface area contributed by atoms with Crippen molar-refractivity contribution in [1.82, 2.24) is 25.7 Å². The maximum absolute atomic E-state index is 8.64. The lowest BCUT2D eigenvalue weighted by Gasteiger charge is -2.00. The summed E-state index contributed by atoms with van der Waals surface area (Å²) in [7, 11) is 1.51. The molecule has 1 rings (SSSR count). The summed E-state index contributed by atoms with van der Waals surface area (Å²) < 4.78 is 0. The van der Waals surface area contributed by atoms with Gasteiger partial charge in [0.1, 0.15) is 0 Å². The molecule has 1 aromatic rings. The Morgan fingerprint density at radius 1 is 1.78 bits per heavy atom. The lowest BCUT2D eigenvalue weighted by molar-refractivity contribution is -0.0750. The van der Waals surface area contributed by atoms with Gasteiger partial charge >= 0.3 is 0 Å². The molecular formula is C3H7N5O. The van der Waals surface area contributed by atoms with Crippen LogP contribution in [0.4, 0.5) is 0 Å². The van der Waals surface area contributed by atoms with Crippen molar-refractivity contribution < 1.29 is 5.21 Å². The van der Waals surface area contributed by atoms with E-state index in [1.54, 1.807) is 0 Å². The second kappa shape index (κ2) is 2.51. The maximum Gasteiger partial charge on any atom is 0.190 e. The Labute approximate surface area is 51.4 Å². The molecule has 0 spiro atoms. The molecule has 6 heteroatoms. The highest BCUT2D eigenvalue weighted by molar-refractivity contribution is 4.71. The molecular weight excluding hydrogens is 122 g/mol. The molecule has 0 saturated heterocycles. The zero-order valence-corrected chi connectivity index (χ0v) is 4.94. The molecule has 6 nitrogen and oxygen atoms in total. The number of nitrogens with one attached hydrogen (secondary N) is 1. The van der Waals surface area contributed by atoms with E-state index in [9.17, 15) is 0 Å². The van der Waals surface area contributed by atoms with Crippen LogP contribution in [0.15, 0.2) is 0 Å². The minimum Gasteiger partial charge on any atom is -0.314 e. The largest absolute Gasteiger partial charge is 0.314 e. The van der Waals surface area contributed by atoms with E-state index in [1.807, 2.05) is 0 Å². The molecule has 0 aliphatic rings. The number of hydrogen-bond donors (Lipinski definition) is 2. The van der Waals surface area contributed by atoms with E-state index in [1.165, 1.54) is 7.05 Å². The predicted molar refractivity (Wildman–Crippen MR) is 27.4 cm³/mol. The molecule has 0 unspecified atom stereocenters. The third-order valence-corrected chi connectivity index (χ3v) is 0.759. The number of aromatic amines is 1. The highest BCUT2D eigenvalue weighted by atomic mass is 16.5. The van der Waals surface area contributed by atoms with Crippen molar-refractivity contribution >= 4 is 0 Å². The first-order valence-corrected chi connectivity index (χ1v) is 2.41. The van der Waals surface area contributed by atoms with Crippen molar-refractivity contribution in [3.05, 3.63) is 5.82 Å². The fourth-order valence-electron chi connectivity index (χ4n) is 0.454. The SMILES string of the molecule is CN(O)Cc1nn[nH]n1. The van der Waals surface area contributed by atoms with E-state index in [0.717, 1.165) is 5.06 Å². The minimum atomic E-state index is 0.288. The molecule has 0 fully saturated rings. The van der Waals surface area contributed by atoms with E-state index in [-0.39, 0.29) is 6.54 Å². The maximum atomic E-state index is 8.64. The normalized spacial score (nSPS) is 10.6. The number of hydroxylamine groups is 2. The van der Waals surface area contributed by atoms with Gasteiger partial charge in [-0.05, 0) is 0 Å². The van der Waals surface area contributed by atoms with Gasteiger partial charge in [0, 0.05) is 7.05 Å². The smallest absolute Gasteiger partial charge is 0.190 e. The summed E-state index contributed by atoms with van der Waals surface area (Å²) in [5.41, 5.74) is 0. The van der Waals surface area contributed by atoms with Gasteiger partial charge in [0.25, 0.3) is 0 Å². The van der Waals surface area contributed by atoms with Crippen LogP contribution in [0.5, 0.6) is 0 Å². The standard InChI is InChI=1S/C3H7N5O/c1-8(9)2-3-4-6-7-5-3/h9H,2H2,1H3,(H,4,5,6,7). The zero-order chi connectivity index (χ0) is 6.69. The molecule has 2 N–H and O–H groups in total. The van der Waals surface area contributed by atoms with Crippen molar-refractivity contribution in [1.29, 1.82) is 0 Å². The molecule has 0 aliphatic heterocycles. The molecule has 0 atom stereocenters. The van der Waals surface area contributed by atoms with Gasteiger partial charge < -0.3 is 5.21 Å². The van der Waals surface area contributed by atoms with Crippen LogP contribution in [-0.4, -0.2) is 37.9 Å². The third kappa shape index (κ3) is 1.74. The Kier molecular flexibility index (Phi) is 1.71. The molecule has 0 aromatic carbocycles. The molecule has 0 amide bonds. The van der Waals surface area contributed by atoms with Crippen molar-refractivity contribution in [2.75, 3.05) is 7.05 Å². The van der Waals surface area contributed by atoms with Crippen LogP contribution in [0.2, 0.25) is 0 Å². The van der Waals surface area contributed by atoms with E-state index >= 15 is 0 Å². The van der Waals surface area contributed by atoms with Gasteiger partial charge in [-0.15, -0.1) is 10.2 Å². The quantitative estimate of drug-likeness (QED) is 0.502. The first kappa shape index (κ1) is 6.12. The Hall–Kier alpha value is -1.01. The van der Waals surface area contributed by atoms with Gasteiger partial charge in [0.15, 0.2) is 5.82 Å². The summed E-state index contributed by atoms with van der Waals surface area (Å²) in [5.74, 6) is 0.472. The van der Waals surface area contributed by atoms with Gasteiger partial charge in [0.2, 0.25) is 0 Å². The van der Waals surface area contributed by atoms with E-state index < -0.39 is 0 Å². The molecule has 1 heterocycles. The molecule has 0 saturated carbocycles. The molecule has 50 valence electrons. The van der Waals surface area contributed by atoms with Crippen LogP contribution >= 0.6 is 0 Å². The zero-order valence-electron chi connectivity index (χ0n) is 4.94. The topological polar surface area (TPSA) is 77.9 Å². The number of aromatic nitrogens is 4. The van der Waals surface area contributed by atoms with Gasteiger partial charge in [-0.1, -0.05) is 5.21 Å². The van der Waals surface area contributed by atoms with Crippen LogP contribution in [0, 0.1) is 0 Å². The first-order valence-electron chi connectivity index (χ1n) is 2.41. The second-order valence-corrected chi connectivity index (χ2v) is 1.64. The number of tetrazole rings is 1. The van der Waals surface area contributed by atoms with Gasteiger partial charge in [-0.3, -0.25) is 0 Å².